The van der Waals surface area contributed by atoms with Crippen molar-refractivity contribution in [3.63, 3.8) is 0 Å². The smallest absolute Gasteiger partial charge is 0.415 e. The zero-order valence-corrected chi connectivity index (χ0v) is 4.66. The number of rotatable bonds is 0. The van der Waals surface area contributed by atoms with Gasteiger partial charge in [0.15, 0.2) is 5.17 Å². The largest absolute Gasteiger partial charge is 0.464 e. The zero-order valence-electron chi connectivity index (χ0n) is 3.84. The van der Waals surface area contributed by atoms with Crippen LogP contribution in [0.3, 0.4) is 0 Å². The van der Waals surface area contributed by atoms with Crippen LogP contribution in [0.15, 0.2) is 0 Å². The van der Waals surface area contributed by atoms with Crippen LogP contribution in [0, 0.1) is 5.41 Å². The van der Waals surface area contributed by atoms with Crippen molar-refractivity contribution in [1.29, 1.82) is 5.41 Å². The lowest BCUT2D eigenvalue weighted by Crippen LogP contribution is -2.18. The molecule has 0 aliphatic carbocycles. The first-order chi connectivity index (χ1) is 3.63. The number of amidine groups is 1. The number of hydrogen-bond acceptors (Lipinski definition) is 3. The van der Waals surface area contributed by atoms with Crippen molar-refractivity contribution in [2.45, 2.75) is 0 Å². The van der Waals surface area contributed by atoms with Crippen molar-refractivity contribution in [3.8, 4) is 0 Å². The molecule has 0 radical (unpaired) electrons. The van der Waals surface area contributed by atoms with Crippen LogP contribution in [-0.4, -0.2) is 16.4 Å². The van der Waals surface area contributed by atoms with E-state index in [4.69, 9.17) is 16.2 Å². The van der Waals surface area contributed by atoms with Crippen molar-refractivity contribution < 1.29 is 9.90 Å². The molecule has 5 N–H and O–H groups in total. The first kappa shape index (κ1) is 7.09. The molecule has 0 unspecified atom stereocenters. The van der Waals surface area contributed by atoms with Crippen LogP contribution in [-0.2, 0) is 0 Å². The highest BCUT2D eigenvalue weighted by molar-refractivity contribution is 8.12. The summed E-state index contributed by atoms with van der Waals surface area (Å²) in [5.41, 5.74) is 4.76. The lowest BCUT2D eigenvalue weighted by molar-refractivity contribution is 0.202. The summed E-state index contributed by atoms with van der Waals surface area (Å²) in [6.07, 6.45) is -1.20. The number of nitrogens with one attached hydrogen (secondary N) is 2. The molecule has 0 aromatic rings. The molecule has 0 rings (SSSR count). The fourth-order valence-electron chi connectivity index (χ4n) is 0.0986. The minimum Gasteiger partial charge on any atom is -0.464 e. The molecule has 0 saturated carbocycles. The number of carboxylic acid groups (broad SMARTS) is 1. The molecular formula is C2H5N3O2S. The van der Waals surface area contributed by atoms with Crippen LogP contribution in [0.4, 0.5) is 4.79 Å². The van der Waals surface area contributed by atoms with Crippen molar-refractivity contribution >= 4 is 23.2 Å². The van der Waals surface area contributed by atoms with Gasteiger partial charge in [-0.25, -0.2) is 4.79 Å². The van der Waals surface area contributed by atoms with Gasteiger partial charge in [0.2, 0.25) is 0 Å². The molecule has 0 saturated heterocycles. The van der Waals surface area contributed by atoms with Gasteiger partial charge in [-0.2, -0.15) is 0 Å². The summed E-state index contributed by atoms with van der Waals surface area (Å²) >= 11 is 0.551. The molecule has 0 spiro atoms. The van der Waals surface area contributed by atoms with E-state index >= 15 is 0 Å². The van der Waals surface area contributed by atoms with Gasteiger partial charge >= 0.3 is 6.09 Å². The van der Waals surface area contributed by atoms with E-state index in [0.717, 1.165) is 0 Å². The van der Waals surface area contributed by atoms with Gasteiger partial charge in [0.25, 0.3) is 0 Å². The highest BCUT2D eigenvalue weighted by atomic mass is 32.2. The minimum atomic E-state index is -1.20. The fourth-order valence-corrected chi connectivity index (χ4v) is 0.296. The maximum Gasteiger partial charge on any atom is 0.415 e. The van der Waals surface area contributed by atoms with E-state index in [1.807, 2.05) is 4.72 Å². The van der Waals surface area contributed by atoms with Crippen LogP contribution >= 0.6 is 11.9 Å². The summed E-state index contributed by atoms with van der Waals surface area (Å²) in [7, 11) is 0. The Bertz CT molecular complexity index is 99.9. The molecule has 0 aromatic heterocycles. The Morgan fingerprint density at radius 3 is 2.50 bits per heavy atom. The van der Waals surface area contributed by atoms with E-state index in [9.17, 15) is 4.79 Å². The van der Waals surface area contributed by atoms with E-state index in [0.29, 0.717) is 11.9 Å². The molecule has 0 heterocycles. The third-order valence-electron chi connectivity index (χ3n) is 0.248. The van der Waals surface area contributed by atoms with E-state index in [1.165, 1.54) is 0 Å². The molecule has 5 nitrogen and oxygen atoms in total. The predicted molar refractivity (Wildman–Crippen MR) is 30.7 cm³/mol. The molecular weight excluding hydrogens is 130 g/mol. The fraction of sp³-hybridized carbons (Fsp3) is 0. The Hall–Kier alpha value is -0.910. The Labute approximate surface area is 49.9 Å². The first-order valence-corrected chi connectivity index (χ1v) is 2.44. The number of amides is 1. The first-order valence-electron chi connectivity index (χ1n) is 1.62. The molecule has 0 aromatic carbocycles. The van der Waals surface area contributed by atoms with E-state index in [2.05, 4.69) is 0 Å². The predicted octanol–water partition coefficient (Wildman–Crippen LogP) is -0.204. The average molecular weight is 135 g/mol. The number of nitrogens with two attached hydrogens (primary N) is 1. The summed E-state index contributed by atoms with van der Waals surface area (Å²) in [4.78, 5) is 9.62. The van der Waals surface area contributed by atoms with Gasteiger partial charge in [-0.15, -0.1) is 0 Å². The van der Waals surface area contributed by atoms with Gasteiger partial charge in [0, 0.05) is 11.9 Å². The SMILES string of the molecule is N=C(N)SNC(=O)O. The van der Waals surface area contributed by atoms with Gasteiger partial charge in [-0.05, 0) is 0 Å². The normalized spacial score (nSPS) is 8.00. The Balaban J connectivity index is 3.18. The lowest BCUT2D eigenvalue weighted by Gasteiger charge is -1.92. The molecule has 0 aliphatic heterocycles. The Morgan fingerprint density at radius 2 is 2.38 bits per heavy atom. The second-order valence-electron chi connectivity index (χ2n) is 0.874. The lowest BCUT2D eigenvalue weighted by atomic mass is 11.3. The number of hydrogen-bond donors (Lipinski definition) is 4. The molecule has 0 aliphatic rings. The summed E-state index contributed by atoms with van der Waals surface area (Å²) in [5, 5.41) is 14.1. The monoisotopic (exact) mass is 135 g/mol. The van der Waals surface area contributed by atoms with Gasteiger partial charge in [0.05, 0.1) is 0 Å². The summed E-state index contributed by atoms with van der Waals surface area (Å²) in [6, 6.07) is 0. The molecule has 0 bridgehead atoms. The van der Waals surface area contributed by atoms with Crippen molar-refractivity contribution in [2.75, 3.05) is 0 Å². The van der Waals surface area contributed by atoms with Crippen LogP contribution in [0.5, 0.6) is 0 Å². The standard InChI is InChI=1S/C2H5N3O2S/c3-1(4)8-5-2(6)7/h5H,(H3,3,4)(H,6,7). The molecule has 6 heteroatoms. The van der Waals surface area contributed by atoms with Gasteiger partial charge < -0.3 is 10.8 Å². The number of carbonyl (C=O) groups is 1. The third-order valence-corrected chi connectivity index (χ3v) is 0.745. The topological polar surface area (TPSA) is 99.2 Å². The zero-order chi connectivity index (χ0) is 6.57. The summed E-state index contributed by atoms with van der Waals surface area (Å²) in [5.74, 6) is 0. The Kier molecular flexibility index (Phi) is 2.78. The molecule has 8 heavy (non-hydrogen) atoms. The molecule has 0 atom stereocenters. The van der Waals surface area contributed by atoms with Gasteiger partial charge in [-0.1, -0.05) is 0 Å². The highest BCUT2D eigenvalue weighted by Crippen LogP contribution is 1.87. The maximum atomic E-state index is 9.62. The van der Waals surface area contributed by atoms with E-state index < -0.39 is 6.09 Å². The van der Waals surface area contributed by atoms with Crippen LogP contribution < -0.4 is 10.5 Å². The summed E-state index contributed by atoms with van der Waals surface area (Å²) < 4.78 is 1.83. The third kappa shape index (κ3) is 5.09. The van der Waals surface area contributed by atoms with Gasteiger partial charge in [0.1, 0.15) is 0 Å². The quantitative estimate of drug-likeness (QED) is 0.210. The maximum absolute atomic E-state index is 9.62. The van der Waals surface area contributed by atoms with E-state index in [1.54, 1.807) is 0 Å². The van der Waals surface area contributed by atoms with Crippen LogP contribution in [0.1, 0.15) is 0 Å². The second kappa shape index (κ2) is 3.14. The molecule has 1 amide bonds. The van der Waals surface area contributed by atoms with Crippen LogP contribution in [0.25, 0.3) is 0 Å². The Morgan fingerprint density at radius 1 is 1.88 bits per heavy atom. The van der Waals surface area contributed by atoms with Crippen molar-refractivity contribution in [1.82, 2.24) is 4.72 Å². The molecule has 46 valence electrons. The second-order valence-corrected chi connectivity index (χ2v) is 1.72. The van der Waals surface area contributed by atoms with Gasteiger partial charge in [-0.3, -0.25) is 10.1 Å². The molecule has 0 fully saturated rings. The average Bonchev–Trinajstić information content (AvgIpc) is 1.61. The van der Waals surface area contributed by atoms with Crippen molar-refractivity contribution in [3.05, 3.63) is 0 Å². The minimum absolute atomic E-state index is 0.271. The summed E-state index contributed by atoms with van der Waals surface area (Å²) in [6.45, 7) is 0. The highest BCUT2D eigenvalue weighted by Gasteiger charge is 1.93. The van der Waals surface area contributed by atoms with Crippen LogP contribution in [0.2, 0.25) is 0 Å². The van der Waals surface area contributed by atoms with E-state index in [-0.39, 0.29) is 5.17 Å². The van der Waals surface area contributed by atoms with Crippen molar-refractivity contribution in [2.24, 2.45) is 5.73 Å².